The quantitative estimate of drug-likeness (QED) is 0.569. The number of nitrogens with one attached hydrogen (secondary N) is 1. The summed E-state index contributed by atoms with van der Waals surface area (Å²) in [5, 5.41) is 11.7. The van der Waals surface area contributed by atoms with E-state index in [2.05, 4.69) is 15.0 Å². The van der Waals surface area contributed by atoms with E-state index < -0.39 is 4.92 Å². The van der Waals surface area contributed by atoms with E-state index in [1.165, 1.54) is 24.5 Å². The molecule has 0 aliphatic carbocycles. The Morgan fingerprint density at radius 3 is 2.55 bits per heavy atom. The van der Waals surface area contributed by atoms with Gasteiger partial charge in [0.2, 0.25) is 0 Å². The molecule has 0 aliphatic heterocycles. The number of hydrogen-bond acceptors (Lipinski definition) is 4. The second-order valence-corrected chi connectivity index (χ2v) is 5.21. The summed E-state index contributed by atoms with van der Waals surface area (Å²) in [6, 6.07) is 7.84. The number of hydrogen-bond donors (Lipinski definition) is 1. The van der Waals surface area contributed by atoms with Crippen LogP contribution in [-0.2, 0) is 0 Å². The first-order chi connectivity index (χ1) is 10.6. The molecule has 8 heteroatoms. The fraction of sp³-hybridized carbons (Fsp3) is 0. The van der Waals surface area contributed by atoms with Gasteiger partial charge in [0, 0.05) is 18.3 Å². The summed E-state index contributed by atoms with van der Waals surface area (Å²) in [6.07, 6.45) is 2.90. The molecular weight excluding hydrogens is 327 g/mol. The van der Waals surface area contributed by atoms with Crippen LogP contribution < -0.4 is 0 Å². The molecule has 2 heterocycles. The number of halogens is 2. The molecule has 6 nitrogen and oxygen atoms in total. The van der Waals surface area contributed by atoms with Crippen LogP contribution in [0.15, 0.2) is 42.7 Å². The summed E-state index contributed by atoms with van der Waals surface area (Å²) in [6.45, 7) is 0. The highest BCUT2D eigenvalue weighted by Crippen LogP contribution is 2.33. The van der Waals surface area contributed by atoms with E-state index in [0.29, 0.717) is 32.8 Å². The Labute approximate surface area is 134 Å². The molecule has 0 spiro atoms. The number of benzene rings is 1. The topological polar surface area (TPSA) is 84.7 Å². The third kappa shape index (κ3) is 2.66. The van der Waals surface area contributed by atoms with Gasteiger partial charge < -0.3 is 4.98 Å². The highest BCUT2D eigenvalue weighted by atomic mass is 35.5. The third-order valence-electron chi connectivity index (χ3n) is 3.01. The number of nitro groups is 1. The van der Waals surface area contributed by atoms with E-state index in [4.69, 9.17) is 23.2 Å². The first-order valence-electron chi connectivity index (χ1n) is 6.16. The Kier molecular flexibility index (Phi) is 3.79. The van der Waals surface area contributed by atoms with Crippen LogP contribution in [0.3, 0.4) is 0 Å². The highest BCUT2D eigenvalue weighted by molar-refractivity contribution is 6.38. The second kappa shape index (κ2) is 5.75. The molecule has 0 radical (unpaired) electrons. The van der Waals surface area contributed by atoms with Crippen LogP contribution in [0.5, 0.6) is 0 Å². The van der Waals surface area contributed by atoms with E-state index in [1.54, 1.807) is 18.2 Å². The zero-order chi connectivity index (χ0) is 15.7. The van der Waals surface area contributed by atoms with Crippen LogP contribution >= 0.6 is 23.2 Å². The number of imidazole rings is 1. The van der Waals surface area contributed by atoms with Crippen molar-refractivity contribution in [2.75, 3.05) is 0 Å². The summed E-state index contributed by atoms with van der Waals surface area (Å²) in [4.78, 5) is 21.7. The lowest BCUT2D eigenvalue weighted by atomic mass is 10.2. The van der Waals surface area contributed by atoms with Crippen LogP contribution in [0.25, 0.3) is 22.8 Å². The minimum Gasteiger partial charge on any atom is -0.337 e. The summed E-state index contributed by atoms with van der Waals surface area (Å²) in [5.41, 5.74) is 1.48. The van der Waals surface area contributed by atoms with Crippen molar-refractivity contribution in [1.29, 1.82) is 0 Å². The largest absolute Gasteiger partial charge is 0.337 e. The lowest BCUT2D eigenvalue weighted by Gasteiger charge is -2.03. The number of rotatable bonds is 3. The molecule has 2 aromatic heterocycles. The summed E-state index contributed by atoms with van der Waals surface area (Å²) in [5.74, 6) is 0.471. The van der Waals surface area contributed by atoms with Crippen LogP contribution in [0, 0.1) is 10.1 Å². The fourth-order valence-electron chi connectivity index (χ4n) is 1.98. The van der Waals surface area contributed by atoms with E-state index in [0.717, 1.165) is 0 Å². The maximum Gasteiger partial charge on any atom is 0.273 e. The van der Waals surface area contributed by atoms with Crippen LogP contribution in [0.2, 0.25) is 10.0 Å². The van der Waals surface area contributed by atoms with Gasteiger partial charge in [0.25, 0.3) is 5.69 Å². The van der Waals surface area contributed by atoms with Crippen molar-refractivity contribution >= 4 is 28.9 Å². The van der Waals surface area contributed by atoms with Crippen molar-refractivity contribution in [2.24, 2.45) is 0 Å². The first-order valence-corrected chi connectivity index (χ1v) is 6.92. The second-order valence-electron chi connectivity index (χ2n) is 4.40. The minimum atomic E-state index is -0.479. The smallest absolute Gasteiger partial charge is 0.273 e. The molecule has 3 aromatic rings. The number of pyridine rings is 1. The third-order valence-corrected chi connectivity index (χ3v) is 3.64. The van der Waals surface area contributed by atoms with Gasteiger partial charge in [0.1, 0.15) is 5.82 Å². The minimum absolute atomic E-state index is 0.0445. The van der Waals surface area contributed by atoms with E-state index in [9.17, 15) is 10.1 Å². The first kappa shape index (κ1) is 14.5. The zero-order valence-corrected chi connectivity index (χ0v) is 12.5. The van der Waals surface area contributed by atoms with Crippen molar-refractivity contribution in [1.82, 2.24) is 15.0 Å². The predicted molar refractivity (Wildman–Crippen MR) is 83.9 cm³/mol. The van der Waals surface area contributed by atoms with Crippen molar-refractivity contribution in [3.05, 3.63) is 62.9 Å². The SMILES string of the molecule is O=[N+]([O-])c1ccnc(-c2cnc(-c3c(Cl)cccc3Cl)[nH]2)c1. The van der Waals surface area contributed by atoms with Gasteiger partial charge in [-0.05, 0) is 12.1 Å². The number of aromatic nitrogens is 3. The molecule has 0 saturated carbocycles. The van der Waals surface area contributed by atoms with Crippen LogP contribution in [0.4, 0.5) is 5.69 Å². The van der Waals surface area contributed by atoms with Gasteiger partial charge in [-0.15, -0.1) is 0 Å². The molecule has 3 rings (SSSR count). The van der Waals surface area contributed by atoms with Gasteiger partial charge in [0.05, 0.1) is 38.1 Å². The monoisotopic (exact) mass is 334 g/mol. The Morgan fingerprint density at radius 1 is 1.14 bits per heavy atom. The zero-order valence-electron chi connectivity index (χ0n) is 11.0. The average molecular weight is 335 g/mol. The van der Waals surface area contributed by atoms with Gasteiger partial charge in [0.15, 0.2) is 0 Å². The molecular formula is C14H8Cl2N4O2. The lowest BCUT2D eigenvalue weighted by molar-refractivity contribution is -0.384. The fourth-order valence-corrected chi connectivity index (χ4v) is 2.56. The van der Waals surface area contributed by atoms with Gasteiger partial charge >= 0.3 is 0 Å². The van der Waals surface area contributed by atoms with Gasteiger partial charge in [-0.3, -0.25) is 15.1 Å². The van der Waals surface area contributed by atoms with Crippen molar-refractivity contribution in [3.63, 3.8) is 0 Å². The molecule has 0 atom stereocenters. The number of aromatic amines is 1. The summed E-state index contributed by atoms with van der Waals surface area (Å²) in [7, 11) is 0. The number of nitrogens with zero attached hydrogens (tertiary/aromatic N) is 3. The van der Waals surface area contributed by atoms with Gasteiger partial charge in [-0.1, -0.05) is 29.3 Å². The Balaban J connectivity index is 2.05. The maximum atomic E-state index is 10.8. The Hall–Kier alpha value is -2.44. The molecule has 0 amide bonds. The van der Waals surface area contributed by atoms with E-state index >= 15 is 0 Å². The molecule has 0 unspecified atom stereocenters. The Bertz CT molecular complexity index is 843. The number of H-pyrrole nitrogens is 1. The van der Waals surface area contributed by atoms with Crippen molar-refractivity contribution < 1.29 is 4.92 Å². The Morgan fingerprint density at radius 2 is 1.86 bits per heavy atom. The van der Waals surface area contributed by atoms with Crippen LogP contribution in [-0.4, -0.2) is 19.9 Å². The van der Waals surface area contributed by atoms with E-state index in [-0.39, 0.29) is 5.69 Å². The molecule has 22 heavy (non-hydrogen) atoms. The van der Waals surface area contributed by atoms with Crippen molar-refractivity contribution in [3.8, 4) is 22.8 Å². The highest BCUT2D eigenvalue weighted by Gasteiger charge is 2.14. The van der Waals surface area contributed by atoms with Crippen LogP contribution in [0.1, 0.15) is 0 Å². The molecule has 110 valence electrons. The molecule has 0 saturated heterocycles. The maximum absolute atomic E-state index is 10.8. The van der Waals surface area contributed by atoms with Gasteiger partial charge in [-0.25, -0.2) is 4.98 Å². The molecule has 0 bridgehead atoms. The normalized spacial score (nSPS) is 10.6. The molecule has 0 aliphatic rings. The standard InChI is InChI=1S/C14H8Cl2N4O2/c15-9-2-1-3-10(16)13(9)14-18-7-12(19-14)11-6-8(20(21)22)4-5-17-11/h1-7H,(H,18,19). The van der Waals surface area contributed by atoms with Crippen molar-refractivity contribution in [2.45, 2.75) is 0 Å². The lowest BCUT2D eigenvalue weighted by Crippen LogP contribution is -1.90. The molecule has 1 aromatic carbocycles. The van der Waals surface area contributed by atoms with E-state index in [1.807, 2.05) is 0 Å². The van der Waals surface area contributed by atoms with Gasteiger partial charge in [-0.2, -0.15) is 0 Å². The summed E-state index contributed by atoms with van der Waals surface area (Å²) < 4.78 is 0. The average Bonchev–Trinajstić information content (AvgIpc) is 2.97. The molecule has 0 fully saturated rings. The molecule has 1 N–H and O–H groups in total. The predicted octanol–water partition coefficient (Wildman–Crippen LogP) is 4.35. The summed E-state index contributed by atoms with van der Waals surface area (Å²) >= 11 is 12.3.